The Morgan fingerprint density at radius 2 is 2.05 bits per heavy atom. The molecule has 1 rings (SSSR count). The summed E-state index contributed by atoms with van der Waals surface area (Å²) in [5, 5.41) is 2.58. The zero-order valence-electron chi connectivity index (χ0n) is 12.2. The van der Waals surface area contributed by atoms with Crippen LogP contribution < -0.4 is 10.1 Å². The van der Waals surface area contributed by atoms with Gasteiger partial charge in [-0.05, 0) is 25.5 Å². The van der Waals surface area contributed by atoms with Gasteiger partial charge in [0.25, 0.3) is 0 Å². The fraction of sp³-hybridized carbons (Fsp3) is 0.429. The molecule has 6 heteroatoms. The minimum atomic E-state index is -0.532. The Morgan fingerprint density at radius 1 is 1.35 bits per heavy atom. The third kappa shape index (κ3) is 5.17. The number of carbonyl (C=O) groups is 2. The van der Waals surface area contributed by atoms with E-state index in [1.807, 2.05) is 13.8 Å². The number of benzene rings is 1. The Balaban J connectivity index is 2.64. The molecule has 1 aromatic rings. The number of nitrogens with zero attached hydrogens (tertiary/aromatic N) is 1. The first-order valence-electron chi connectivity index (χ1n) is 6.39. The Labute approximate surface area is 118 Å². The van der Waals surface area contributed by atoms with Crippen LogP contribution >= 0.6 is 0 Å². The highest BCUT2D eigenvalue weighted by Gasteiger charge is 2.10. The average Bonchev–Trinajstić information content (AvgIpc) is 2.38. The third-order valence-electron chi connectivity index (χ3n) is 2.53. The van der Waals surface area contributed by atoms with E-state index in [-0.39, 0.29) is 6.10 Å². The molecule has 6 nitrogen and oxygen atoms in total. The number of hydrogen-bond donors (Lipinski definition) is 1. The third-order valence-corrected chi connectivity index (χ3v) is 2.53. The molecule has 0 saturated heterocycles. The van der Waals surface area contributed by atoms with Crippen LogP contribution in [0.25, 0.3) is 0 Å². The van der Waals surface area contributed by atoms with Crippen molar-refractivity contribution in [2.45, 2.75) is 26.4 Å². The maximum Gasteiger partial charge on any atom is 0.414 e. The predicted molar refractivity (Wildman–Crippen MR) is 76.0 cm³/mol. The summed E-state index contributed by atoms with van der Waals surface area (Å²) in [5.74, 6) is 0.352. The van der Waals surface area contributed by atoms with Gasteiger partial charge in [-0.25, -0.2) is 9.59 Å². The minimum absolute atomic E-state index is 0.148. The summed E-state index contributed by atoms with van der Waals surface area (Å²) in [6.07, 6.45) is -0.419. The molecular formula is C14H20N2O4. The molecule has 110 valence electrons. The molecule has 0 aliphatic carbocycles. The van der Waals surface area contributed by atoms with Gasteiger partial charge in [0.05, 0.1) is 0 Å². The zero-order valence-corrected chi connectivity index (χ0v) is 12.2. The highest BCUT2D eigenvalue weighted by Crippen LogP contribution is 2.18. The summed E-state index contributed by atoms with van der Waals surface area (Å²) < 4.78 is 10.2. The fourth-order valence-corrected chi connectivity index (χ4v) is 1.24. The van der Waals surface area contributed by atoms with Crippen LogP contribution in [0.15, 0.2) is 24.3 Å². The van der Waals surface area contributed by atoms with Crippen LogP contribution in [0.4, 0.5) is 15.3 Å². The molecule has 0 heterocycles. The molecule has 0 aliphatic heterocycles. The Kier molecular flexibility index (Phi) is 5.83. The van der Waals surface area contributed by atoms with Gasteiger partial charge in [-0.3, -0.25) is 5.32 Å². The standard InChI is InChI=1S/C14H20N2O4/c1-5-10(2)19-13(17)15-11-7-6-8-12(9-11)20-14(18)16(3)4/h6-10H,5H2,1-4H3,(H,15,17)/t10-/m0/s1. The number of amides is 2. The fourth-order valence-electron chi connectivity index (χ4n) is 1.24. The summed E-state index contributed by atoms with van der Waals surface area (Å²) in [6.45, 7) is 3.74. The van der Waals surface area contributed by atoms with Crippen LogP contribution in [0, 0.1) is 0 Å². The van der Waals surface area contributed by atoms with Crippen LogP contribution in [0.2, 0.25) is 0 Å². The Morgan fingerprint density at radius 3 is 2.65 bits per heavy atom. The van der Waals surface area contributed by atoms with Gasteiger partial charge in [0.2, 0.25) is 0 Å². The molecule has 1 atom stereocenters. The van der Waals surface area contributed by atoms with Gasteiger partial charge in [0, 0.05) is 25.8 Å². The molecule has 0 bridgehead atoms. The number of nitrogens with one attached hydrogen (secondary N) is 1. The zero-order chi connectivity index (χ0) is 15.1. The Bertz CT molecular complexity index is 474. The quantitative estimate of drug-likeness (QED) is 0.920. The molecule has 0 radical (unpaired) electrons. The first-order chi connectivity index (χ1) is 9.42. The second-order valence-corrected chi connectivity index (χ2v) is 4.54. The van der Waals surface area contributed by atoms with Gasteiger partial charge in [-0.2, -0.15) is 0 Å². The second-order valence-electron chi connectivity index (χ2n) is 4.54. The molecule has 0 spiro atoms. The van der Waals surface area contributed by atoms with Crippen molar-refractivity contribution in [2.24, 2.45) is 0 Å². The number of ether oxygens (including phenoxy) is 2. The first kappa shape index (κ1) is 15.8. The van der Waals surface area contributed by atoms with E-state index in [2.05, 4.69) is 5.32 Å². The minimum Gasteiger partial charge on any atom is -0.446 e. The Hall–Kier alpha value is -2.24. The molecule has 0 unspecified atom stereocenters. The van der Waals surface area contributed by atoms with Crippen molar-refractivity contribution in [1.29, 1.82) is 0 Å². The summed E-state index contributed by atoms with van der Waals surface area (Å²) in [5.41, 5.74) is 0.502. The molecule has 1 N–H and O–H groups in total. The SMILES string of the molecule is CC[C@H](C)OC(=O)Nc1cccc(OC(=O)N(C)C)c1. The van der Waals surface area contributed by atoms with Crippen molar-refractivity contribution < 1.29 is 19.1 Å². The van der Waals surface area contributed by atoms with E-state index in [0.717, 1.165) is 6.42 Å². The summed E-state index contributed by atoms with van der Waals surface area (Å²) in [4.78, 5) is 24.3. The highest BCUT2D eigenvalue weighted by atomic mass is 16.6. The van der Waals surface area contributed by atoms with Gasteiger partial charge in [-0.1, -0.05) is 13.0 Å². The number of rotatable bonds is 4. The molecule has 20 heavy (non-hydrogen) atoms. The molecular weight excluding hydrogens is 260 g/mol. The van der Waals surface area contributed by atoms with E-state index in [1.54, 1.807) is 38.4 Å². The van der Waals surface area contributed by atoms with E-state index in [1.165, 1.54) is 4.90 Å². The lowest BCUT2D eigenvalue weighted by atomic mass is 10.3. The van der Waals surface area contributed by atoms with Gasteiger partial charge >= 0.3 is 12.2 Å². The van der Waals surface area contributed by atoms with E-state index in [4.69, 9.17) is 9.47 Å². The number of hydrogen-bond acceptors (Lipinski definition) is 4. The van der Waals surface area contributed by atoms with E-state index >= 15 is 0 Å². The van der Waals surface area contributed by atoms with Crippen molar-refractivity contribution in [3.8, 4) is 5.75 Å². The van der Waals surface area contributed by atoms with Crippen LogP contribution in [0.3, 0.4) is 0 Å². The summed E-state index contributed by atoms with van der Waals surface area (Å²) in [6, 6.07) is 6.55. The van der Waals surface area contributed by atoms with Gasteiger partial charge in [0.15, 0.2) is 0 Å². The van der Waals surface area contributed by atoms with Crippen molar-refractivity contribution >= 4 is 17.9 Å². The van der Waals surface area contributed by atoms with E-state index < -0.39 is 12.2 Å². The lowest BCUT2D eigenvalue weighted by Gasteiger charge is -2.13. The normalized spacial score (nSPS) is 11.4. The van der Waals surface area contributed by atoms with Gasteiger partial charge in [-0.15, -0.1) is 0 Å². The molecule has 0 aliphatic rings. The van der Waals surface area contributed by atoms with E-state index in [9.17, 15) is 9.59 Å². The smallest absolute Gasteiger partial charge is 0.414 e. The van der Waals surface area contributed by atoms with Gasteiger partial charge < -0.3 is 14.4 Å². The average molecular weight is 280 g/mol. The van der Waals surface area contributed by atoms with Crippen LogP contribution in [-0.2, 0) is 4.74 Å². The maximum absolute atomic E-state index is 11.6. The number of anilines is 1. The molecule has 0 saturated carbocycles. The molecule has 0 fully saturated rings. The van der Waals surface area contributed by atoms with Crippen molar-refractivity contribution in [2.75, 3.05) is 19.4 Å². The van der Waals surface area contributed by atoms with E-state index in [0.29, 0.717) is 11.4 Å². The lowest BCUT2D eigenvalue weighted by Crippen LogP contribution is -2.25. The lowest BCUT2D eigenvalue weighted by molar-refractivity contribution is 0.118. The van der Waals surface area contributed by atoms with Gasteiger partial charge in [0.1, 0.15) is 11.9 Å². The summed E-state index contributed by atoms with van der Waals surface area (Å²) >= 11 is 0. The van der Waals surface area contributed by atoms with Crippen LogP contribution in [-0.4, -0.2) is 37.3 Å². The van der Waals surface area contributed by atoms with Crippen molar-refractivity contribution in [1.82, 2.24) is 4.90 Å². The van der Waals surface area contributed by atoms with Crippen molar-refractivity contribution in [3.05, 3.63) is 24.3 Å². The molecule has 0 aromatic heterocycles. The maximum atomic E-state index is 11.6. The van der Waals surface area contributed by atoms with Crippen LogP contribution in [0.5, 0.6) is 5.75 Å². The molecule has 2 amide bonds. The van der Waals surface area contributed by atoms with Crippen LogP contribution in [0.1, 0.15) is 20.3 Å². The predicted octanol–water partition coefficient (Wildman–Crippen LogP) is 3.09. The number of carbonyl (C=O) groups excluding carboxylic acids is 2. The second kappa shape index (κ2) is 7.37. The largest absolute Gasteiger partial charge is 0.446 e. The molecule has 1 aromatic carbocycles. The van der Waals surface area contributed by atoms with Crippen molar-refractivity contribution in [3.63, 3.8) is 0 Å². The topological polar surface area (TPSA) is 67.9 Å². The highest BCUT2D eigenvalue weighted by molar-refractivity contribution is 5.85. The monoisotopic (exact) mass is 280 g/mol. The first-order valence-corrected chi connectivity index (χ1v) is 6.39. The summed E-state index contributed by atoms with van der Waals surface area (Å²) in [7, 11) is 3.18.